The third-order valence-electron chi connectivity index (χ3n) is 6.56. The van der Waals surface area contributed by atoms with Gasteiger partial charge in [-0.15, -0.1) is 0 Å². The Morgan fingerprint density at radius 2 is 1.41 bits per heavy atom. The Morgan fingerprint density at radius 1 is 0.821 bits per heavy atom. The van der Waals surface area contributed by atoms with E-state index in [1.165, 1.54) is 4.90 Å². The summed E-state index contributed by atoms with van der Waals surface area (Å²) in [4.78, 5) is 34.7. The van der Waals surface area contributed by atoms with Crippen LogP contribution in [-0.2, 0) is 11.3 Å². The molecule has 5 rings (SSSR count). The van der Waals surface area contributed by atoms with Gasteiger partial charge in [-0.05, 0) is 41.8 Å². The second-order valence-corrected chi connectivity index (χ2v) is 9.36. The van der Waals surface area contributed by atoms with Crippen LogP contribution in [0.25, 0.3) is 6.08 Å². The zero-order chi connectivity index (χ0) is 27.2. The molecule has 0 bridgehead atoms. The summed E-state index contributed by atoms with van der Waals surface area (Å²) in [5.74, 6) is -0.239. The second-order valence-electron chi connectivity index (χ2n) is 9.36. The van der Waals surface area contributed by atoms with Crippen LogP contribution < -0.4 is 0 Å². The molecule has 0 N–H and O–H groups in total. The molecule has 0 saturated carbocycles. The van der Waals surface area contributed by atoms with Crippen LogP contribution in [0.2, 0.25) is 0 Å². The smallest absolute Gasteiger partial charge is 0.421 e. The van der Waals surface area contributed by atoms with E-state index < -0.39 is 12.0 Å². The summed E-state index contributed by atoms with van der Waals surface area (Å²) in [6.45, 7) is 2.12. The molecule has 4 aromatic carbocycles. The van der Waals surface area contributed by atoms with Crippen molar-refractivity contribution < 1.29 is 14.3 Å². The van der Waals surface area contributed by atoms with Crippen LogP contribution in [0.4, 0.5) is 4.79 Å². The maximum atomic E-state index is 13.8. The van der Waals surface area contributed by atoms with Crippen molar-refractivity contribution in [1.29, 1.82) is 0 Å². The number of hydrogen-bond acceptors (Lipinski definition) is 3. The maximum absolute atomic E-state index is 13.8. The molecule has 2 amide bonds. The fourth-order valence-corrected chi connectivity index (χ4v) is 4.55. The first-order chi connectivity index (χ1) is 19.0. The van der Waals surface area contributed by atoms with Crippen molar-refractivity contribution in [2.75, 3.05) is 7.05 Å². The Bertz CT molecular complexity index is 1500. The minimum Gasteiger partial charge on any atom is -0.444 e. The molecule has 1 heterocycles. The lowest BCUT2D eigenvalue weighted by Crippen LogP contribution is -2.37. The number of amides is 2. The fourth-order valence-electron chi connectivity index (χ4n) is 4.55. The number of likely N-dealkylation sites (N-methyl/N-ethyl adjacent to an activating group) is 1. The van der Waals surface area contributed by atoms with E-state index in [1.807, 2.05) is 116 Å². The summed E-state index contributed by atoms with van der Waals surface area (Å²) < 4.78 is 5.78. The Hall–Kier alpha value is -4.97. The molecular formula is C33H29N3O3. The third kappa shape index (κ3) is 5.80. The van der Waals surface area contributed by atoms with E-state index >= 15 is 0 Å². The van der Waals surface area contributed by atoms with Crippen molar-refractivity contribution >= 4 is 24.0 Å². The molecule has 6 nitrogen and oxygen atoms in total. The molecule has 0 aromatic heterocycles. The largest absolute Gasteiger partial charge is 0.444 e. The molecule has 4 aromatic rings. The van der Waals surface area contributed by atoms with E-state index in [0.717, 1.165) is 22.3 Å². The zero-order valence-electron chi connectivity index (χ0n) is 21.9. The minimum atomic E-state index is -0.609. The lowest BCUT2D eigenvalue weighted by Gasteiger charge is -2.21. The topological polar surface area (TPSA) is 62.2 Å². The number of guanidine groups is 1. The van der Waals surface area contributed by atoms with Gasteiger partial charge in [-0.3, -0.25) is 4.79 Å². The summed E-state index contributed by atoms with van der Waals surface area (Å²) in [5, 5.41) is 0. The summed E-state index contributed by atoms with van der Waals surface area (Å²) >= 11 is 0. The first kappa shape index (κ1) is 25.7. The molecule has 1 fully saturated rings. The highest BCUT2D eigenvalue weighted by atomic mass is 16.6. The van der Waals surface area contributed by atoms with Crippen LogP contribution in [0.15, 0.2) is 126 Å². The molecule has 1 aliphatic heterocycles. The molecule has 194 valence electrons. The highest BCUT2D eigenvalue weighted by Gasteiger charge is 2.43. The summed E-state index contributed by atoms with van der Waals surface area (Å²) in [7, 11) is 1.84. The predicted octanol–water partition coefficient (Wildman–Crippen LogP) is 6.86. The van der Waals surface area contributed by atoms with E-state index in [4.69, 9.17) is 4.74 Å². The minimum absolute atomic E-state index is 0.0909. The standard InChI is InChI=1S/C33H29N3O3/c1-24-18-20-27(21-19-24)30-29(22-25-12-6-3-7-13-25)36(33(38)39-23-26-14-8-4-9-15-26)32(35(30)2)34-31(37)28-16-10-5-11-17-28/h3-22,30H,23H2,1-2H3/b29-22-,34-32-. The van der Waals surface area contributed by atoms with Gasteiger partial charge in [0.1, 0.15) is 6.61 Å². The van der Waals surface area contributed by atoms with Crippen molar-refractivity contribution in [3.8, 4) is 0 Å². The average Bonchev–Trinajstić information content (AvgIpc) is 3.24. The van der Waals surface area contributed by atoms with Crippen LogP contribution in [0.5, 0.6) is 0 Å². The van der Waals surface area contributed by atoms with E-state index in [2.05, 4.69) is 4.99 Å². The van der Waals surface area contributed by atoms with Crippen LogP contribution >= 0.6 is 0 Å². The summed E-state index contributed by atoms with van der Waals surface area (Å²) in [6, 6.07) is 35.8. The van der Waals surface area contributed by atoms with Gasteiger partial charge < -0.3 is 9.64 Å². The zero-order valence-corrected chi connectivity index (χ0v) is 21.9. The van der Waals surface area contributed by atoms with Crippen LogP contribution in [0, 0.1) is 6.92 Å². The Balaban J connectivity index is 1.62. The van der Waals surface area contributed by atoms with E-state index in [-0.39, 0.29) is 18.6 Å². The Morgan fingerprint density at radius 3 is 2.05 bits per heavy atom. The number of nitrogens with zero attached hydrogens (tertiary/aromatic N) is 3. The molecular weight excluding hydrogens is 486 g/mol. The lowest BCUT2D eigenvalue weighted by atomic mass is 10.0. The number of carbonyl (C=O) groups excluding carboxylic acids is 2. The van der Waals surface area contributed by atoms with Gasteiger partial charge in [-0.2, -0.15) is 4.99 Å². The van der Waals surface area contributed by atoms with E-state index in [9.17, 15) is 9.59 Å². The molecule has 0 aliphatic carbocycles. The van der Waals surface area contributed by atoms with Gasteiger partial charge in [0.25, 0.3) is 5.91 Å². The molecule has 0 radical (unpaired) electrons. The van der Waals surface area contributed by atoms with Crippen molar-refractivity contribution in [2.45, 2.75) is 19.6 Å². The Labute approximate surface area is 228 Å². The van der Waals surface area contributed by atoms with E-state index in [1.54, 1.807) is 24.3 Å². The summed E-state index contributed by atoms with van der Waals surface area (Å²) in [6.07, 6.45) is 1.34. The highest BCUT2D eigenvalue weighted by Crippen LogP contribution is 2.39. The molecule has 1 aliphatic rings. The predicted molar refractivity (Wildman–Crippen MR) is 153 cm³/mol. The molecule has 1 saturated heterocycles. The first-order valence-corrected chi connectivity index (χ1v) is 12.8. The van der Waals surface area contributed by atoms with Crippen molar-refractivity contribution in [3.63, 3.8) is 0 Å². The number of aryl methyl sites for hydroxylation is 1. The van der Waals surface area contributed by atoms with Crippen LogP contribution in [0.3, 0.4) is 0 Å². The van der Waals surface area contributed by atoms with Gasteiger partial charge in [0, 0.05) is 12.6 Å². The van der Waals surface area contributed by atoms with Gasteiger partial charge in [-0.25, -0.2) is 9.69 Å². The molecule has 1 unspecified atom stereocenters. The van der Waals surface area contributed by atoms with Crippen molar-refractivity contribution in [3.05, 3.63) is 149 Å². The molecule has 1 atom stereocenters. The second kappa shape index (κ2) is 11.6. The molecule has 0 spiro atoms. The number of ether oxygens (including phenoxy) is 1. The first-order valence-electron chi connectivity index (χ1n) is 12.8. The van der Waals surface area contributed by atoms with Crippen molar-refractivity contribution in [1.82, 2.24) is 9.80 Å². The monoisotopic (exact) mass is 515 g/mol. The van der Waals surface area contributed by atoms with Crippen LogP contribution in [0.1, 0.15) is 38.7 Å². The average molecular weight is 516 g/mol. The van der Waals surface area contributed by atoms with Crippen LogP contribution in [-0.4, -0.2) is 34.8 Å². The fraction of sp³-hybridized carbons (Fsp3) is 0.121. The maximum Gasteiger partial charge on any atom is 0.421 e. The quantitative estimate of drug-likeness (QED) is 0.291. The number of aliphatic imine (C=N–C) groups is 1. The normalized spacial score (nSPS) is 17.0. The summed E-state index contributed by atoms with van der Waals surface area (Å²) in [5.41, 5.74) is 4.94. The van der Waals surface area contributed by atoms with Gasteiger partial charge in [-0.1, -0.05) is 109 Å². The third-order valence-corrected chi connectivity index (χ3v) is 6.56. The molecule has 6 heteroatoms. The van der Waals surface area contributed by atoms with Gasteiger partial charge in [0.15, 0.2) is 0 Å². The van der Waals surface area contributed by atoms with Gasteiger partial charge in [0.2, 0.25) is 5.96 Å². The SMILES string of the molecule is Cc1ccc(C2/C(=C/c3ccccc3)N(C(=O)OCc3ccccc3)/C(=N\C(=O)c3ccccc3)N2C)cc1. The number of rotatable bonds is 5. The van der Waals surface area contributed by atoms with Gasteiger partial charge in [0.05, 0.1) is 11.7 Å². The number of carbonyl (C=O) groups is 2. The van der Waals surface area contributed by atoms with Gasteiger partial charge >= 0.3 is 6.09 Å². The lowest BCUT2D eigenvalue weighted by molar-refractivity contribution is 0.0999. The number of benzene rings is 4. The number of hydrogen-bond donors (Lipinski definition) is 0. The van der Waals surface area contributed by atoms with Crippen molar-refractivity contribution in [2.24, 2.45) is 4.99 Å². The Kier molecular flexibility index (Phi) is 7.64. The highest BCUT2D eigenvalue weighted by molar-refractivity contribution is 6.08. The molecule has 39 heavy (non-hydrogen) atoms. The van der Waals surface area contributed by atoms with E-state index in [0.29, 0.717) is 11.3 Å².